The average molecular weight is 376 g/mol. The quantitative estimate of drug-likeness (QED) is 0.825. The number of carbonyl (C=O) groups excluding carboxylic acids is 1. The van der Waals surface area contributed by atoms with Gasteiger partial charge in [-0.05, 0) is 52.9 Å². The standard InChI is InChI=1S/C14H16BrClN2O3/c1-8-4-5-18(12(6-8)13(19)20)14(21)17-9-2-3-11(16)10(15)7-9/h2-3,7-8,12H,4-6H2,1H3,(H,17,21)(H,19,20). The molecule has 7 heteroatoms. The summed E-state index contributed by atoms with van der Waals surface area (Å²) in [4.78, 5) is 25.0. The highest BCUT2D eigenvalue weighted by molar-refractivity contribution is 9.10. The third kappa shape index (κ3) is 3.89. The normalized spacial score (nSPS) is 22.0. The van der Waals surface area contributed by atoms with E-state index in [-0.39, 0.29) is 0 Å². The van der Waals surface area contributed by atoms with Crippen molar-refractivity contribution in [2.24, 2.45) is 5.92 Å². The van der Waals surface area contributed by atoms with Crippen LogP contribution in [-0.2, 0) is 4.79 Å². The van der Waals surface area contributed by atoms with E-state index < -0.39 is 18.0 Å². The Kier molecular flexibility index (Phi) is 5.11. The molecule has 21 heavy (non-hydrogen) atoms. The zero-order valence-electron chi connectivity index (χ0n) is 11.5. The molecular weight excluding hydrogens is 360 g/mol. The lowest BCUT2D eigenvalue weighted by Crippen LogP contribution is -2.51. The average Bonchev–Trinajstić information content (AvgIpc) is 2.42. The second-order valence-electron chi connectivity index (χ2n) is 5.24. The molecular formula is C14H16BrClN2O3. The fourth-order valence-electron chi connectivity index (χ4n) is 2.39. The molecule has 1 heterocycles. The summed E-state index contributed by atoms with van der Waals surface area (Å²) in [6.45, 7) is 2.44. The number of hydrogen-bond donors (Lipinski definition) is 2. The summed E-state index contributed by atoms with van der Waals surface area (Å²) >= 11 is 9.18. The van der Waals surface area contributed by atoms with Gasteiger partial charge in [0.25, 0.3) is 0 Å². The van der Waals surface area contributed by atoms with Crippen LogP contribution < -0.4 is 5.32 Å². The first-order chi connectivity index (χ1) is 9.88. The first kappa shape index (κ1) is 16.1. The van der Waals surface area contributed by atoms with Crippen molar-refractivity contribution < 1.29 is 14.7 Å². The van der Waals surface area contributed by atoms with Gasteiger partial charge in [0.2, 0.25) is 0 Å². The SMILES string of the molecule is CC1CCN(C(=O)Nc2ccc(Cl)c(Br)c2)C(C(=O)O)C1. The van der Waals surface area contributed by atoms with Crippen LogP contribution in [0.3, 0.4) is 0 Å². The van der Waals surface area contributed by atoms with Crippen molar-refractivity contribution in [2.75, 3.05) is 11.9 Å². The molecule has 2 atom stereocenters. The van der Waals surface area contributed by atoms with Crippen molar-refractivity contribution in [2.45, 2.75) is 25.8 Å². The van der Waals surface area contributed by atoms with E-state index in [1.165, 1.54) is 4.90 Å². The van der Waals surface area contributed by atoms with Gasteiger partial charge >= 0.3 is 12.0 Å². The summed E-state index contributed by atoms with van der Waals surface area (Å²) < 4.78 is 0.670. The number of urea groups is 1. The molecule has 0 bridgehead atoms. The van der Waals surface area contributed by atoms with Gasteiger partial charge in [0.1, 0.15) is 6.04 Å². The van der Waals surface area contributed by atoms with Crippen molar-refractivity contribution >= 4 is 45.2 Å². The smallest absolute Gasteiger partial charge is 0.326 e. The van der Waals surface area contributed by atoms with Crippen LogP contribution in [-0.4, -0.2) is 34.6 Å². The Morgan fingerprint density at radius 3 is 2.81 bits per heavy atom. The lowest BCUT2D eigenvalue weighted by Gasteiger charge is -2.35. The number of piperidine rings is 1. The summed E-state index contributed by atoms with van der Waals surface area (Å²) in [5, 5.41) is 12.5. The van der Waals surface area contributed by atoms with Crippen LogP contribution in [0.2, 0.25) is 5.02 Å². The minimum absolute atomic E-state index is 0.305. The molecule has 114 valence electrons. The maximum atomic E-state index is 12.3. The first-order valence-electron chi connectivity index (χ1n) is 6.64. The molecule has 2 amide bonds. The molecule has 1 aromatic rings. The van der Waals surface area contributed by atoms with Gasteiger partial charge in [0.05, 0.1) is 5.02 Å². The first-order valence-corrected chi connectivity index (χ1v) is 7.81. The molecule has 0 aliphatic carbocycles. The van der Waals surface area contributed by atoms with E-state index in [1.807, 2.05) is 6.92 Å². The Morgan fingerprint density at radius 2 is 2.19 bits per heavy atom. The highest BCUT2D eigenvalue weighted by Gasteiger charge is 2.34. The molecule has 0 aromatic heterocycles. The minimum atomic E-state index is -0.964. The van der Waals surface area contributed by atoms with Crippen molar-refractivity contribution in [3.8, 4) is 0 Å². The van der Waals surface area contributed by atoms with Crippen LogP contribution in [0.1, 0.15) is 19.8 Å². The number of carboxylic acids is 1. The number of benzene rings is 1. The number of amides is 2. The van der Waals surface area contributed by atoms with Crippen LogP contribution in [0.5, 0.6) is 0 Å². The van der Waals surface area contributed by atoms with Gasteiger partial charge in [0.15, 0.2) is 0 Å². The number of carboxylic acid groups (broad SMARTS) is 1. The molecule has 1 aliphatic heterocycles. The third-order valence-corrected chi connectivity index (χ3v) is 4.80. The largest absolute Gasteiger partial charge is 0.480 e. The number of rotatable bonds is 2. The number of carbonyl (C=O) groups is 2. The van der Waals surface area contributed by atoms with Gasteiger partial charge in [-0.25, -0.2) is 9.59 Å². The van der Waals surface area contributed by atoms with Gasteiger partial charge in [-0.15, -0.1) is 0 Å². The van der Waals surface area contributed by atoms with E-state index in [4.69, 9.17) is 11.6 Å². The maximum Gasteiger partial charge on any atom is 0.326 e. The number of anilines is 1. The zero-order chi connectivity index (χ0) is 15.6. The molecule has 2 N–H and O–H groups in total. The van der Waals surface area contributed by atoms with Crippen LogP contribution >= 0.6 is 27.5 Å². The van der Waals surface area contributed by atoms with Gasteiger partial charge in [-0.2, -0.15) is 0 Å². The summed E-state index contributed by atoms with van der Waals surface area (Å²) in [6.07, 6.45) is 1.29. The van der Waals surface area contributed by atoms with Crippen LogP contribution in [0.15, 0.2) is 22.7 Å². The number of likely N-dealkylation sites (tertiary alicyclic amines) is 1. The molecule has 1 saturated heterocycles. The van der Waals surface area contributed by atoms with Crippen LogP contribution in [0, 0.1) is 5.92 Å². The van der Waals surface area contributed by atoms with Crippen LogP contribution in [0.25, 0.3) is 0 Å². The highest BCUT2D eigenvalue weighted by atomic mass is 79.9. The van der Waals surface area contributed by atoms with Crippen molar-refractivity contribution in [1.29, 1.82) is 0 Å². The van der Waals surface area contributed by atoms with Gasteiger partial charge < -0.3 is 15.3 Å². The van der Waals surface area contributed by atoms with E-state index in [1.54, 1.807) is 18.2 Å². The summed E-state index contributed by atoms with van der Waals surface area (Å²) in [5.41, 5.74) is 0.569. The van der Waals surface area contributed by atoms with E-state index in [0.29, 0.717) is 34.1 Å². The van der Waals surface area contributed by atoms with Crippen molar-refractivity contribution in [1.82, 2.24) is 4.90 Å². The second-order valence-corrected chi connectivity index (χ2v) is 6.50. The fraction of sp³-hybridized carbons (Fsp3) is 0.429. The Morgan fingerprint density at radius 1 is 1.48 bits per heavy atom. The molecule has 2 rings (SSSR count). The monoisotopic (exact) mass is 374 g/mol. The van der Waals surface area contributed by atoms with E-state index in [0.717, 1.165) is 6.42 Å². The molecule has 0 saturated carbocycles. The number of halogens is 2. The minimum Gasteiger partial charge on any atom is -0.480 e. The van der Waals surface area contributed by atoms with E-state index >= 15 is 0 Å². The molecule has 1 fully saturated rings. The van der Waals surface area contributed by atoms with Crippen molar-refractivity contribution in [3.63, 3.8) is 0 Å². The lowest BCUT2D eigenvalue weighted by molar-refractivity contribution is -0.143. The van der Waals surface area contributed by atoms with Crippen LogP contribution in [0.4, 0.5) is 10.5 Å². The Labute approximate surface area is 136 Å². The van der Waals surface area contributed by atoms with E-state index in [2.05, 4.69) is 21.2 Å². The predicted molar refractivity (Wildman–Crippen MR) is 84.7 cm³/mol. The summed E-state index contributed by atoms with van der Waals surface area (Å²) in [7, 11) is 0. The fourth-order valence-corrected chi connectivity index (χ4v) is 2.88. The van der Waals surface area contributed by atoms with Gasteiger partial charge in [-0.1, -0.05) is 18.5 Å². The molecule has 1 aromatic carbocycles. The predicted octanol–water partition coefficient (Wildman–Crippen LogP) is 3.82. The maximum absolute atomic E-state index is 12.3. The summed E-state index contributed by atoms with van der Waals surface area (Å²) in [6, 6.07) is 3.84. The Bertz CT molecular complexity index is 567. The molecule has 2 unspecified atom stereocenters. The third-order valence-electron chi connectivity index (χ3n) is 3.58. The van der Waals surface area contributed by atoms with Crippen molar-refractivity contribution in [3.05, 3.63) is 27.7 Å². The lowest BCUT2D eigenvalue weighted by atomic mass is 9.93. The number of nitrogens with zero attached hydrogens (tertiary/aromatic N) is 1. The highest BCUT2D eigenvalue weighted by Crippen LogP contribution is 2.27. The Hall–Kier alpha value is -1.27. The molecule has 0 radical (unpaired) electrons. The zero-order valence-corrected chi connectivity index (χ0v) is 13.8. The van der Waals surface area contributed by atoms with Gasteiger partial charge in [0, 0.05) is 16.7 Å². The molecule has 0 spiro atoms. The molecule has 5 nitrogen and oxygen atoms in total. The molecule has 1 aliphatic rings. The second kappa shape index (κ2) is 6.66. The number of hydrogen-bond acceptors (Lipinski definition) is 2. The summed E-state index contributed by atoms with van der Waals surface area (Å²) in [5.74, 6) is -0.659. The number of nitrogens with one attached hydrogen (secondary N) is 1. The Balaban J connectivity index is 2.10. The topological polar surface area (TPSA) is 69.6 Å². The number of aliphatic carboxylic acids is 1. The van der Waals surface area contributed by atoms with Gasteiger partial charge in [-0.3, -0.25) is 0 Å². The van der Waals surface area contributed by atoms with E-state index in [9.17, 15) is 14.7 Å².